The molecule has 0 radical (unpaired) electrons. The second-order valence-electron chi connectivity index (χ2n) is 3.70. The Hall–Kier alpha value is -1.81. The monoisotopic (exact) mass is 267 g/mol. The molecule has 5 heteroatoms. The number of aryl methyl sites for hydroxylation is 1. The number of benzene rings is 1. The molecule has 0 heterocycles. The molecule has 0 aliphatic rings. The standard InChI is InChI=1S/C13H14ClNO3/c1-9-3-5-10(6-4-9)13(14)11(8-15-17)7-12(16)18-2/h3-6,8,17H,7H2,1-2H3/b13-11+,15-8+. The summed E-state index contributed by atoms with van der Waals surface area (Å²) in [5, 5.41) is 11.9. The predicted molar refractivity (Wildman–Crippen MR) is 70.9 cm³/mol. The van der Waals surface area contributed by atoms with E-state index in [-0.39, 0.29) is 6.42 Å². The first kappa shape index (κ1) is 14.3. The summed E-state index contributed by atoms with van der Waals surface area (Å²) < 4.78 is 4.56. The fourth-order valence-corrected chi connectivity index (χ4v) is 1.60. The predicted octanol–water partition coefficient (Wildman–Crippen LogP) is 2.97. The number of hydrogen-bond donors (Lipinski definition) is 1. The minimum absolute atomic E-state index is 0.0483. The van der Waals surface area contributed by atoms with Crippen LogP contribution in [0.2, 0.25) is 0 Å². The molecule has 0 amide bonds. The lowest BCUT2D eigenvalue weighted by Gasteiger charge is -2.06. The first-order valence-corrected chi connectivity index (χ1v) is 5.66. The molecular formula is C13H14ClNO3. The molecule has 0 aliphatic heterocycles. The van der Waals surface area contributed by atoms with Crippen molar-refractivity contribution in [1.82, 2.24) is 0 Å². The van der Waals surface area contributed by atoms with Crippen LogP contribution in [0.25, 0.3) is 5.03 Å². The molecule has 0 atom stereocenters. The van der Waals surface area contributed by atoms with Crippen molar-refractivity contribution in [2.75, 3.05) is 7.11 Å². The molecule has 0 spiro atoms. The van der Waals surface area contributed by atoms with Gasteiger partial charge in [0.15, 0.2) is 0 Å². The van der Waals surface area contributed by atoms with Crippen LogP contribution in [0.4, 0.5) is 0 Å². The van der Waals surface area contributed by atoms with E-state index in [1.54, 1.807) is 0 Å². The van der Waals surface area contributed by atoms with Crippen LogP contribution in [-0.4, -0.2) is 24.5 Å². The molecule has 1 rings (SSSR count). The Labute approximate surface area is 111 Å². The number of nitrogens with zero attached hydrogens (tertiary/aromatic N) is 1. The first-order chi connectivity index (χ1) is 8.58. The number of esters is 1. The number of halogens is 1. The minimum atomic E-state index is -0.449. The molecule has 0 saturated carbocycles. The molecule has 0 aliphatic carbocycles. The fraction of sp³-hybridized carbons (Fsp3) is 0.231. The molecule has 4 nitrogen and oxygen atoms in total. The molecule has 1 N–H and O–H groups in total. The van der Waals surface area contributed by atoms with E-state index in [0.29, 0.717) is 10.6 Å². The highest BCUT2D eigenvalue weighted by Gasteiger charge is 2.11. The van der Waals surface area contributed by atoms with Gasteiger partial charge < -0.3 is 9.94 Å². The van der Waals surface area contributed by atoms with Crippen molar-refractivity contribution < 1.29 is 14.7 Å². The van der Waals surface area contributed by atoms with Gasteiger partial charge in [0, 0.05) is 5.57 Å². The maximum absolute atomic E-state index is 11.2. The van der Waals surface area contributed by atoms with Gasteiger partial charge in [0.2, 0.25) is 0 Å². The van der Waals surface area contributed by atoms with Gasteiger partial charge in [-0.25, -0.2) is 0 Å². The Bertz CT molecular complexity index is 478. The fourth-order valence-electron chi connectivity index (χ4n) is 1.36. The summed E-state index contributed by atoms with van der Waals surface area (Å²) in [5.74, 6) is -0.449. The lowest BCUT2D eigenvalue weighted by molar-refractivity contribution is -0.139. The quantitative estimate of drug-likeness (QED) is 0.395. The van der Waals surface area contributed by atoms with Crippen LogP contribution in [0.3, 0.4) is 0 Å². The summed E-state index contributed by atoms with van der Waals surface area (Å²) in [6.07, 6.45) is 1.09. The van der Waals surface area contributed by atoms with Gasteiger partial charge in [0.05, 0.1) is 24.8 Å². The molecule has 0 aromatic heterocycles. The number of oxime groups is 1. The SMILES string of the molecule is COC(=O)CC(/C=N/O)=C(\Cl)c1ccc(C)cc1. The number of methoxy groups -OCH3 is 1. The van der Waals surface area contributed by atoms with E-state index < -0.39 is 5.97 Å². The van der Waals surface area contributed by atoms with Gasteiger partial charge in [0.1, 0.15) is 0 Å². The zero-order chi connectivity index (χ0) is 13.5. The summed E-state index contributed by atoms with van der Waals surface area (Å²) >= 11 is 6.17. The summed E-state index contributed by atoms with van der Waals surface area (Å²) in [4.78, 5) is 11.2. The maximum atomic E-state index is 11.2. The number of carbonyl (C=O) groups excluding carboxylic acids is 1. The highest BCUT2D eigenvalue weighted by molar-refractivity contribution is 6.50. The molecular weight excluding hydrogens is 254 g/mol. The van der Waals surface area contributed by atoms with Gasteiger partial charge in [-0.15, -0.1) is 0 Å². The molecule has 1 aromatic carbocycles. The van der Waals surface area contributed by atoms with Crippen LogP contribution in [0.15, 0.2) is 35.0 Å². The van der Waals surface area contributed by atoms with E-state index in [1.165, 1.54) is 7.11 Å². The number of ether oxygens (including phenoxy) is 1. The smallest absolute Gasteiger partial charge is 0.310 e. The maximum Gasteiger partial charge on any atom is 0.310 e. The first-order valence-electron chi connectivity index (χ1n) is 5.28. The van der Waals surface area contributed by atoms with E-state index in [4.69, 9.17) is 16.8 Å². The summed E-state index contributed by atoms with van der Waals surface area (Å²) in [6.45, 7) is 1.96. The second kappa shape index (κ2) is 6.81. The van der Waals surface area contributed by atoms with E-state index in [2.05, 4.69) is 9.89 Å². The Kier molecular flexibility index (Phi) is 5.39. The van der Waals surface area contributed by atoms with E-state index >= 15 is 0 Å². The molecule has 0 saturated heterocycles. The van der Waals surface area contributed by atoms with Gasteiger partial charge in [-0.2, -0.15) is 0 Å². The zero-order valence-corrected chi connectivity index (χ0v) is 10.9. The molecule has 0 bridgehead atoms. The molecule has 96 valence electrons. The van der Waals surface area contributed by atoms with Crippen molar-refractivity contribution in [2.24, 2.45) is 5.16 Å². The van der Waals surface area contributed by atoms with Gasteiger partial charge >= 0.3 is 5.97 Å². The third kappa shape index (κ3) is 3.89. The highest BCUT2D eigenvalue weighted by Crippen LogP contribution is 2.24. The van der Waals surface area contributed by atoms with Gasteiger partial charge in [-0.05, 0) is 12.5 Å². The third-order valence-corrected chi connectivity index (χ3v) is 2.82. The van der Waals surface area contributed by atoms with Crippen molar-refractivity contribution >= 4 is 28.8 Å². The van der Waals surface area contributed by atoms with E-state index in [9.17, 15) is 4.79 Å². The van der Waals surface area contributed by atoms with Crippen molar-refractivity contribution in [3.8, 4) is 0 Å². The van der Waals surface area contributed by atoms with Crippen LogP contribution in [-0.2, 0) is 9.53 Å². The van der Waals surface area contributed by atoms with Crippen LogP contribution < -0.4 is 0 Å². The Morgan fingerprint density at radius 1 is 1.44 bits per heavy atom. The van der Waals surface area contributed by atoms with Crippen LogP contribution in [0.1, 0.15) is 17.5 Å². The highest BCUT2D eigenvalue weighted by atomic mass is 35.5. The Morgan fingerprint density at radius 3 is 2.56 bits per heavy atom. The van der Waals surface area contributed by atoms with Gasteiger partial charge in [-0.3, -0.25) is 4.79 Å². The number of carbonyl (C=O) groups is 1. The normalized spacial score (nSPS) is 12.4. The summed E-state index contributed by atoms with van der Waals surface area (Å²) in [7, 11) is 1.29. The second-order valence-corrected chi connectivity index (χ2v) is 4.08. The molecule has 1 aromatic rings. The molecule has 0 unspecified atom stereocenters. The average Bonchev–Trinajstić information content (AvgIpc) is 2.38. The van der Waals surface area contributed by atoms with Gasteiger partial charge in [0.25, 0.3) is 0 Å². The largest absolute Gasteiger partial charge is 0.469 e. The van der Waals surface area contributed by atoms with Crippen molar-refractivity contribution in [2.45, 2.75) is 13.3 Å². The minimum Gasteiger partial charge on any atom is -0.469 e. The number of hydrogen-bond acceptors (Lipinski definition) is 4. The van der Waals surface area contributed by atoms with Crippen molar-refractivity contribution in [3.05, 3.63) is 41.0 Å². The Morgan fingerprint density at radius 2 is 2.06 bits per heavy atom. The summed E-state index contributed by atoms with van der Waals surface area (Å²) in [5.41, 5.74) is 2.25. The van der Waals surface area contributed by atoms with Crippen LogP contribution in [0.5, 0.6) is 0 Å². The third-order valence-electron chi connectivity index (χ3n) is 2.36. The average molecular weight is 268 g/mol. The Balaban J connectivity index is 3.10. The van der Waals surface area contributed by atoms with Crippen molar-refractivity contribution in [3.63, 3.8) is 0 Å². The topological polar surface area (TPSA) is 58.9 Å². The van der Waals surface area contributed by atoms with Gasteiger partial charge in [-0.1, -0.05) is 46.6 Å². The molecule has 0 fully saturated rings. The zero-order valence-electron chi connectivity index (χ0n) is 10.2. The van der Waals surface area contributed by atoms with Crippen LogP contribution >= 0.6 is 11.6 Å². The lowest BCUT2D eigenvalue weighted by Crippen LogP contribution is -2.04. The van der Waals surface area contributed by atoms with E-state index in [0.717, 1.165) is 17.3 Å². The van der Waals surface area contributed by atoms with E-state index in [1.807, 2.05) is 31.2 Å². The molecule has 18 heavy (non-hydrogen) atoms. The van der Waals surface area contributed by atoms with Crippen molar-refractivity contribution in [1.29, 1.82) is 0 Å². The van der Waals surface area contributed by atoms with Crippen LogP contribution in [0, 0.1) is 6.92 Å². The number of rotatable bonds is 4. The lowest BCUT2D eigenvalue weighted by atomic mass is 10.1. The summed E-state index contributed by atoms with van der Waals surface area (Å²) in [6, 6.07) is 7.48.